The van der Waals surface area contributed by atoms with E-state index in [4.69, 9.17) is 0 Å². The average Bonchev–Trinajstić information content (AvgIpc) is 2.42. The second-order valence-electron chi connectivity index (χ2n) is 4.37. The maximum absolute atomic E-state index is 12.0. The molecule has 2 aromatic carbocycles. The third kappa shape index (κ3) is 2.10. The average molecular weight is 319 g/mol. The summed E-state index contributed by atoms with van der Waals surface area (Å²) < 4.78 is 0. The van der Waals surface area contributed by atoms with Gasteiger partial charge in [0.15, 0.2) is 0 Å². The summed E-state index contributed by atoms with van der Waals surface area (Å²) in [7, 11) is 0. The van der Waals surface area contributed by atoms with Crippen LogP contribution in [0.5, 0.6) is 0 Å². The van der Waals surface area contributed by atoms with Crippen molar-refractivity contribution in [3.8, 4) is 0 Å². The Balaban J connectivity index is 2.09. The molecule has 1 fully saturated rings. The van der Waals surface area contributed by atoms with Gasteiger partial charge in [0.25, 0.3) is 0 Å². The van der Waals surface area contributed by atoms with Gasteiger partial charge in [0.2, 0.25) is 5.91 Å². The molecule has 3 amide bonds. The molecule has 5 heteroatoms. The summed E-state index contributed by atoms with van der Waals surface area (Å²) in [6.07, 6.45) is 0. The number of rotatable bonds is 1. The predicted octanol–water partition coefficient (Wildman–Crippen LogP) is 2.66. The molecule has 0 aromatic heterocycles. The fourth-order valence-corrected chi connectivity index (χ4v) is 2.63. The highest BCUT2D eigenvalue weighted by Gasteiger charge is 2.31. The molecule has 1 heterocycles. The van der Waals surface area contributed by atoms with Crippen LogP contribution in [-0.4, -0.2) is 23.3 Å². The Bertz CT molecular complexity index is 666. The van der Waals surface area contributed by atoms with Crippen molar-refractivity contribution < 1.29 is 9.59 Å². The molecule has 1 unspecified atom stereocenters. The molecule has 19 heavy (non-hydrogen) atoms. The van der Waals surface area contributed by atoms with E-state index in [0.717, 1.165) is 16.5 Å². The Morgan fingerprint density at radius 2 is 1.84 bits per heavy atom. The number of alkyl halides is 1. The number of hydrogen-bond donors (Lipinski definition) is 1. The lowest BCUT2D eigenvalue weighted by Crippen LogP contribution is -2.55. The number of nitrogens with zero attached hydrogens (tertiary/aromatic N) is 1. The number of fused-ring (bicyclic) bond motifs is 1. The summed E-state index contributed by atoms with van der Waals surface area (Å²) >= 11 is 3.28. The van der Waals surface area contributed by atoms with E-state index in [2.05, 4.69) is 21.2 Å². The highest BCUT2D eigenvalue weighted by atomic mass is 79.9. The molecule has 0 radical (unpaired) electrons. The van der Waals surface area contributed by atoms with Crippen LogP contribution in [0.1, 0.15) is 0 Å². The minimum atomic E-state index is -0.385. The Morgan fingerprint density at radius 3 is 2.68 bits per heavy atom. The summed E-state index contributed by atoms with van der Waals surface area (Å²) in [6.45, 7) is 0.332. The van der Waals surface area contributed by atoms with Crippen LogP contribution in [0.4, 0.5) is 10.5 Å². The van der Waals surface area contributed by atoms with Crippen LogP contribution in [0.15, 0.2) is 42.5 Å². The second kappa shape index (κ2) is 4.66. The number of amides is 3. The second-order valence-corrected chi connectivity index (χ2v) is 5.48. The van der Waals surface area contributed by atoms with Gasteiger partial charge in [0, 0.05) is 11.9 Å². The highest BCUT2D eigenvalue weighted by Crippen LogP contribution is 2.28. The minimum Gasteiger partial charge on any atom is -0.292 e. The van der Waals surface area contributed by atoms with Crippen LogP contribution in [0.2, 0.25) is 0 Å². The van der Waals surface area contributed by atoms with E-state index in [1.54, 1.807) is 4.90 Å². The Hall–Kier alpha value is -1.88. The summed E-state index contributed by atoms with van der Waals surface area (Å²) in [4.78, 5) is 24.6. The standard InChI is InChI=1S/C14H11BrN2O2/c15-11-8-17(14(19)16-13(11)18)12-7-3-5-9-4-1-2-6-10(9)12/h1-7,11H,8H2,(H,16,18,19). The van der Waals surface area contributed by atoms with Gasteiger partial charge >= 0.3 is 6.03 Å². The number of anilines is 1. The first-order valence-electron chi connectivity index (χ1n) is 5.91. The van der Waals surface area contributed by atoms with Crippen molar-refractivity contribution in [2.75, 3.05) is 11.4 Å². The van der Waals surface area contributed by atoms with Gasteiger partial charge in [-0.05, 0) is 11.5 Å². The third-order valence-corrected chi connectivity index (χ3v) is 3.87. The van der Waals surface area contributed by atoms with Crippen molar-refractivity contribution in [2.45, 2.75) is 4.83 Å². The van der Waals surface area contributed by atoms with Gasteiger partial charge in [0.05, 0.1) is 5.69 Å². The summed E-state index contributed by atoms with van der Waals surface area (Å²) in [5, 5.41) is 4.40. The molecule has 0 spiro atoms. The van der Waals surface area contributed by atoms with Gasteiger partial charge in [-0.1, -0.05) is 52.3 Å². The SMILES string of the molecule is O=C1NC(=O)N(c2cccc3ccccc23)CC1Br. The maximum Gasteiger partial charge on any atom is 0.328 e. The van der Waals surface area contributed by atoms with Crippen molar-refractivity contribution >= 4 is 44.3 Å². The van der Waals surface area contributed by atoms with Gasteiger partial charge in [-0.2, -0.15) is 0 Å². The van der Waals surface area contributed by atoms with E-state index in [1.807, 2.05) is 42.5 Å². The zero-order valence-electron chi connectivity index (χ0n) is 9.97. The molecule has 1 aliphatic heterocycles. The number of carbonyl (C=O) groups excluding carboxylic acids is 2. The Kier molecular flexibility index (Phi) is 2.98. The molecule has 1 aliphatic rings. The molecule has 0 saturated carbocycles. The van der Waals surface area contributed by atoms with Crippen molar-refractivity contribution in [3.63, 3.8) is 0 Å². The number of carbonyl (C=O) groups is 2. The molecule has 1 N–H and O–H groups in total. The van der Waals surface area contributed by atoms with Gasteiger partial charge in [0.1, 0.15) is 4.83 Å². The lowest BCUT2D eigenvalue weighted by molar-refractivity contribution is -0.119. The minimum absolute atomic E-state index is 0.290. The molecule has 0 aliphatic carbocycles. The summed E-state index contributed by atoms with van der Waals surface area (Å²) in [5.74, 6) is -0.290. The van der Waals surface area contributed by atoms with Crippen molar-refractivity contribution in [1.29, 1.82) is 0 Å². The molecule has 0 bridgehead atoms. The molecular weight excluding hydrogens is 308 g/mol. The molecule has 4 nitrogen and oxygen atoms in total. The Morgan fingerprint density at radius 1 is 1.11 bits per heavy atom. The van der Waals surface area contributed by atoms with Crippen LogP contribution in [0.3, 0.4) is 0 Å². The van der Waals surface area contributed by atoms with E-state index in [-0.39, 0.29) is 16.8 Å². The van der Waals surface area contributed by atoms with Crippen LogP contribution in [0.25, 0.3) is 10.8 Å². The van der Waals surface area contributed by atoms with Crippen molar-refractivity contribution in [2.24, 2.45) is 0 Å². The molecule has 1 atom stereocenters. The van der Waals surface area contributed by atoms with Gasteiger partial charge in [-0.3, -0.25) is 15.0 Å². The van der Waals surface area contributed by atoms with E-state index in [9.17, 15) is 9.59 Å². The number of benzene rings is 2. The largest absolute Gasteiger partial charge is 0.328 e. The monoisotopic (exact) mass is 318 g/mol. The van der Waals surface area contributed by atoms with Crippen LogP contribution in [-0.2, 0) is 4.79 Å². The summed E-state index contributed by atoms with van der Waals surface area (Å²) in [5.41, 5.74) is 0.813. The van der Waals surface area contributed by atoms with E-state index >= 15 is 0 Å². The predicted molar refractivity (Wildman–Crippen MR) is 77.5 cm³/mol. The first-order valence-corrected chi connectivity index (χ1v) is 6.82. The highest BCUT2D eigenvalue weighted by molar-refractivity contribution is 9.10. The molecule has 2 aromatic rings. The normalized spacial score (nSPS) is 19.6. The number of nitrogens with one attached hydrogen (secondary N) is 1. The fraction of sp³-hybridized carbons (Fsp3) is 0.143. The number of imide groups is 1. The van der Waals surface area contributed by atoms with E-state index in [0.29, 0.717) is 6.54 Å². The zero-order valence-corrected chi connectivity index (χ0v) is 11.6. The molecular formula is C14H11BrN2O2. The quantitative estimate of drug-likeness (QED) is 0.822. The topological polar surface area (TPSA) is 49.4 Å². The molecule has 3 rings (SSSR count). The van der Waals surface area contributed by atoms with Gasteiger partial charge in [-0.25, -0.2) is 4.79 Å². The molecule has 1 saturated heterocycles. The van der Waals surface area contributed by atoms with Crippen molar-refractivity contribution in [1.82, 2.24) is 5.32 Å². The number of halogens is 1. The smallest absolute Gasteiger partial charge is 0.292 e. The van der Waals surface area contributed by atoms with Crippen LogP contribution < -0.4 is 10.2 Å². The first-order chi connectivity index (χ1) is 9.16. The van der Waals surface area contributed by atoms with Crippen LogP contribution in [0, 0.1) is 0 Å². The van der Waals surface area contributed by atoms with E-state index in [1.165, 1.54) is 0 Å². The maximum atomic E-state index is 12.0. The van der Waals surface area contributed by atoms with E-state index < -0.39 is 0 Å². The van der Waals surface area contributed by atoms with Gasteiger partial charge in [-0.15, -0.1) is 0 Å². The molecule has 96 valence electrons. The fourth-order valence-electron chi connectivity index (χ4n) is 2.23. The van der Waals surface area contributed by atoms with Crippen molar-refractivity contribution in [3.05, 3.63) is 42.5 Å². The zero-order chi connectivity index (χ0) is 13.4. The Labute approximate surface area is 118 Å². The number of hydrogen-bond acceptors (Lipinski definition) is 2. The van der Waals surface area contributed by atoms with Crippen LogP contribution >= 0.6 is 15.9 Å². The summed E-state index contributed by atoms with van der Waals surface area (Å²) in [6, 6.07) is 13.3. The lowest BCUT2D eigenvalue weighted by atomic mass is 10.1. The third-order valence-electron chi connectivity index (χ3n) is 3.16. The number of urea groups is 1. The van der Waals surface area contributed by atoms with Gasteiger partial charge < -0.3 is 0 Å². The lowest BCUT2D eigenvalue weighted by Gasteiger charge is -2.30. The first kappa shape index (κ1) is 12.2.